The minimum absolute atomic E-state index is 0.308. The van der Waals surface area contributed by atoms with Crippen LogP contribution in [0, 0.1) is 9.39 Å². The molecule has 5 heteroatoms. The van der Waals surface area contributed by atoms with Crippen LogP contribution in [0.3, 0.4) is 0 Å². The first-order valence-electron chi connectivity index (χ1n) is 5.19. The lowest BCUT2D eigenvalue weighted by Crippen LogP contribution is -2.14. The molecule has 0 heterocycles. The molecule has 0 aliphatic carbocycles. The van der Waals surface area contributed by atoms with Crippen LogP contribution in [0.4, 0.5) is 15.8 Å². The van der Waals surface area contributed by atoms with E-state index in [9.17, 15) is 9.18 Å². The fraction of sp³-hybridized carbons (Fsp3) is 0. The maximum Gasteiger partial charge on any atom is 0.257 e. The Morgan fingerprint density at radius 3 is 2.61 bits per heavy atom. The summed E-state index contributed by atoms with van der Waals surface area (Å²) in [6, 6.07) is 11.0. The van der Waals surface area contributed by atoms with Gasteiger partial charge in [0.05, 0.1) is 11.3 Å². The summed E-state index contributed by atoms with van der Waals surface area (Å²) in [4.78, 5) is 12.0. The summed E-state index contributed by atoms with van der Waals surface area (Å²) in [6.45, 7) is 0. The smallest absolute Gasteiger partial charge is 0.257 e. The number of halogens is 2. The van der Waals surface area contributed by atoms with Crippen LogP contribution in [0.2, 0.25) is 0 Å². The lowest BCUT2D eigenvalue weighted by atomic mass is 10.1. The monoisotopic (exact) mass is 356 g/mol. The molecule has 0 saturated heterocycles. The number of para-hydroxylation sites is 1. The summed E-state index contributed by atoms with van der Waals surface area (Å²) in [5.74, 6) is -0.644. The van der Waals surface area contributed by atoms with E-state index in [1.807, 2.05) is 22.6 Å². The fourth-order valence-corrected chi connectivity index (χ4v) is 2.10. The van der Waals surface area contributed by atoms with E-state index in [2.05, 4.69) is 5.32 Å². The van der Waals surface area contributed by atoms with Crippen molar-refractivity contribution in [1.29, 1.82) is 0 Å². The lowest BCUT2D eigenvalue weighted by Gasteiger charge is -2.09. The van der Waals surface area contributed by atoms with Crippen molar-refractivity contribution in [2.75, 3.05) is 11.1 Å². The second-order valence-corrected chi connectivity index (χ2v) is 4.83. The average molecular weight is 356 g/mol. The normalized spacial score (nSPS) is 10.1. The van der Waals surface area contributed by atoms with Gasteiger partial charge in [-0.2, -0.15) is 0 Å². The van der Waals surface area contributed by atoms with Gasteiger partial charge >= 0.3 is 0 Å². The molecule has 0 saturated carbocycles. The lowest BCUT2D eigenvalue weighted by molar-refractivity contribution is 0.102. The summed E-state index contributed by atoms with van der Waals surface area (Å²) in [5, 5.41) is 2.70. The molecule has 3 nitrogen and oxygen atoms in total. The maximum atomic E-state index is 12.9. The van der Waals surface area contributed by atoms with Gasteiger partial charge in [-0.1, -0.05) is 12.1 Å². The zero-order chi connectivity index (χ0) is 13.1. The Hall–Kier alpha value is -1.63. The first kappa shape index (κ1) is 12.8. The highest BCUT2D eigenvalue weighted by Crippen LogP contribution is 2.20. The van der Waals surface area contributed by atoms with Gasteiger partial charge in [-0.15, -0.1) is 0 Å². The van der Waals surface area contributed by atoms with Crippen molar-refractivity contribution < 1.29 is 9.18 Å². The molecule has 0 aliphatic heterocycles. The number of rotatable bonds is 2. The molecule has 2 aromatic rings. The molecule has 0 radical (unpaired) electrons. The number of hydrogen-bond donors (Lipinski definition) is 2. The minimum Gasteiger partial charge on any atom is -0.398 e. The van der Waals surface area contributed by atoms with E-state index in [0.717, 1.165) is 0 Å². The summed E-state index contributed by atoms with van der Waals surface area (Å²) >= 11 is 1.96. The summed E-state index contributed by atoms with van der Waals surface area (Å²) in [6.07, 6.45) is 0. The molecule has 0 bridgehead atoms. The first-order valence-corrected chi connectivity index (χ1v) is 6.26. The van der Waals surface area contributed by atoms with E-state index in [0.29, 0.717) is 20.5 Å². The number of nitrogens with two attached hydrogens (primary N) is 1. The SMILES string of the molecule is Nc1ccccc1C(=O)Nc1ccc(F)cc1I. The highest BCUT2D eigenvalue weighted by atomic mass is 127. The van der Waals surface area contributed by atoms with Gasteiger partial charge in [-0.25, -0.2) is 4.39 Å². The van der Waals surface area contributed by atoms with Gasteiger partial charge in [0.1, 0.15) is 5.82 Å². The molecule has 0 unspecified atom stereocenters. The molecular weight excluding hydrogens is 346 g/mol. The van der Waals surface area contributed by atoms with Gasteiger partial charge < -0.3 is 11.1 Å². The number of carbonyl (C=O) groups excluding carboxylic acids is 1. The number of anilines is 2. The topological polar surface area (TPSA) is 55.1 Å². The third-order valence-electron chi connectivity index (χ3n) is 2.38. The Balaban J connectivity index is 2.24. The Morgan fingerprint density at radius 1 is 1.22 bits per heavy atom. The molecule has 0 spiro atoms. The van der Waals surface area contributed by atoms with Gasteiger partial charge in [0, 0.05) is 9.26 Å². The molecule has 0 aromatic heterocycles. The Kier molecular flexibility index (Phi) is 3.81. The molecular formula is C13H10FIN2O. The Labute approximate surface area is 117 Å². The third kappa shape index (κ3) is 2.79. The van der Waals surface area contributed by atoms with Gasteiger partial charge in [0.2, 0.25) is 0 Å². The van der Waals surface area contributed by atoms with Crippen molar-refractivity contribution in [3.63, 3.8) is 0 Å². The maximum absolute atomic E-state index is 12.9. The van der Waals surface area contributed by atoms with Crippen LogP contribution in [-0.2, 0) is 0 Å². The van der Waals surface area contributed by atoms with Gasteiger partial charge in [-0.05, 0) is 52.9 Å². The molecule has 2 rings (SSSR count). The highest BCUT2D eigenvalue weighted by Gasteiger charge is 2.10. The predicted octanol–water partition coefficient (Wildman–Crippen LogP) is 3.26. The number of hydrogen-bond acceptors (Lipinski definition) is 2. The van der Waals surface area contributed by atoms with Crippen LogP contribution in [0.1, 0.15) is 10.4 Å². The number of benzene rings is 2. The van der Waals surface area contributed by atoms with Crippen LogP contribution in [-0.4, -0.2) is 5.91 Å². The van der Waals surface area contributed by atoms with Crippen LogP contribution in [0.5, 0.6) is 0 Å². The molecule has 2 aromatic carbocycles. The number of nitrogens with one attached hydrogen (secondary N) is 1. The van der Waals surface area contributed by atoms with Crippen molar-refractivity contribution in [3.8, 4) is 0 Å². The van der Waals surface area contributed by atoms with E-state index in [4.69, 9.17) is 5.73 Å². The summed E-state index contributed by atoms with van der Waals surface area (Å²) in [7, 11) is 0. The first-order chi connectivity index (χ1) is 8.58. The van der Waals surface area contributed by atoms with E-state index < -0.39 is 0 Å². The van der Waals surface area contributed by atoms with E-state index in [1.54, 1.807) is 24.3 Å². The third-order valence-corrected chi connectivity index (χ3v) is 3.28. The largest absolute Gasteiger partial charge is 0.398 e. The Morgan fingerprint density at radius 2 is 1.94 bits per heavy atom. The second-order valence-electron chi connectivity index (χ2n) is 3.67. The van der Waals surface area contributed by atoms with Crippen molar-refractivity contribution >= 4 is 39.9 Å². The molecule has 0 fully saturated rings. The average Bonchev–Trinajstić information content (AvgIpc) is 2.33. The van der Waals surface area contributed by atoms with Gasteiger partial charge in [-0.3, -0.25) is 4.79 Å². The zero-order valence-electron chi connectivity index (χ0n) is 9.28. The predicted molar refractivity (Wildman–Crippen MR) is 77.9 cm³/mol. The molecule has 3 N–H and O–H groups in total. The minimum atomic E-state index is -0.336. The Bertz CT molecular complexity index is 601. The van der Waals surface area contributed by atoms with Gasteiger partial charge in [0.15, 0.2) is 0 Å². The molecule has 18 heavy (non-hydrogen) atoms. The van der Waals surface area contributed by atoms with E-state index in [-0.39, 0.29) is 11.7 Å². The van der Waals surface area contributed by atoms with Crippen molar-refractivity contribution in [3.05, 3.63) is 57.4 Å². The molecule has 92 valence electrons. The van der Waals surface area contributed by atoms with Crippen LogP contribution >= 0.6 is 22.6 Å². The standard InChI is InChI=1S/C13H10FIN2O/c14-8-5-6-12(10(15)7-8)17-13(18)9-3-1-2-4-11(9)16/h1-7H,16H2,(H,17,18). The van der Waals surface area contributed by atoms with E-state index in [1.165, 1.54) is 18.2 Å². The van der Waals surface area contributed by atoms with Crippen molar-refractivity contribution in [2.24, 2.45) is 0 Å². The van der Waals surface area contributed by atoms with Gasteiger partial charge in [0.25, 0.3) is 5.91 Å². The number of nitrogen functional groups attached to an aromatic ring is 1. The quantitative estimate of drug-likeness (QED) is 0.641. The summed E-state index contributed by atoms with van der Waals surface area (Å²) < 4.78 is 13.6. The summed E-state index contributed by atoms with van der Waals surface area (Å²) in [5.41, 5.74) is 7.08. The molecule has 0 aliphatic rings. The van der Waals surface area contributed by atoms with Crippen LogP contribution < -0.4 is 11.1 Å². The second kappa shape index (κ2) is 5.34. The zero-order valence-corrected chi connectivity index (χ0v) is 11.4. The number of carbonyl (C=O) groups is 1. The molecule has 1 amide bonds. The highest BCUT2D eigenvalue weighted by molar-refractivity contribution is 14.1. The fourth-order valence-electron chi connectivity index (χ4n) is 1.48. The van der Waals surface area contributed by atoms with Crippen molar-refractivity contribution in [1.82, 2.24) is 0 Å². The molecule has 0 atom stereocenters. The number of amides is 1. The van der Waals surface area contributed by atoms with Crippen LogP contribution in [0.15, 0.2) is 42.5 Å². The van der Waals surface area contributed by atoms with Crippen LogP contribution in [0.25, 0.3) is 0 Å². The van der Waals surface area contributed by atoms with E-state index >= 15 is 0 Å². The van der Waals surface area contributed by atoms with Crippen molar-refractivity contribution in [2.45, 2.75) is 0 Å².